The number of alkyl carbamates (subject to hydrolysis) is 1. The van der Waals surface area contributed by atoms with Crippen molar-refractivity contribution in [1.82, 2.24) is 10.6 Å². The molecule has 8 nitrogen and oxygen atoms in total. The van der Waals surface area contributed by atoms with E-state index in [-0.39, 0.29) is 24.5 Å². The second-order valence-electron chi connectivity index (χ2n) is 6.58. The predicted octanol–water partition coefficient (Wildman–Crippen LogP) is 0.695. The van der Waals surface area contributed by atoms with Gasteiger partial charge in [-0.15, -0.1) is 0 Å². The molecule has 1 fully saturated rings. The summed E-state index contributed by atoms with van der Waals surface area (Å²) in [7, 11) is 1.61. The van der Waals surface area contributed by atoms with Crippen molar-refractivity contribution in [2.75, 3.05) is 46.6 Å². The molecule has 2 amide bonds. The molecule has 140 valence electrons. The zero-order chi connectivity index (χ0) is 18.0. The molecule has 1 rings (SSSR count). The van der Waals surface area contributed by atoms with Gasteiger partial charge >= 0.3 is 6.09 Å². The molecule has 0 unspecified atom stereocenters. The molecular weight excluding hydrogens is 316 g/mol. The fourth-order valence-corrected chi connectivity index (χ4v) is 2.27. The monoisotopic (exact) mass is 346 g/mol. The Morgan fingerprint density at radius 2 is 1.92 bits per heavy atom. The Bertz CT molecular complexity index is 397. The van der Waals surface area contributed by atoms with Crippen LogP contribution in [0.3, 0.4) is 0 Å². The van der Waals surface area contributed by atoms with E-state index in [2.05, 4.69) is 10.6 Å². The summed E-state index contributed by atoms with van der Waals surface area (Å²) in [6, 6.07) is 0. The minimum atomic E-state index is -0.555. The Kier molecular flexibility index (Phi) is 9.02. The fourth-order valence-electron chi connectivity index (χ4n) is 2.27. The highest BCUT2D eigenvalue weighted by molar-refractivity contribution is 5.79. The van der Waals surface area contributed by atoms with Crippen LogP contribution in [0.4, 0.5) is 4.79 Å². The molecule has 0 bridgehead atoms. The highest BCUT2D eigenvalue weighted by Crippen LogP contribution is 2.20. The van der Waals surface area contributed by atoms with E-state index in [0.29, 0.717) is 39.4 Å². The standard InChI is InChI=1S/C16H30N2O6/c1-16(2,3)24-15(20)18-11-13-12(5-7-23-13)14(19)17-6-8-22-10-9-21-4/h12-13H,5-11H2,1-4H3,(H,17,19)(H,18,20)/t12-,13-/m0/s1. The Labute approximate surface area is 143 Å². The van der Waals surface area contributed by atoms with Gasteiger partial charge in [0.25, 0.3) is 0 Å². The number of hydrogen-bond acceptors (Lipinski definition) is 6. The lowest BCUT2D eigenvalue weighted by Crippen LogP contribution is -2.43. The molecule has 0 aromatic carbocycles. The van der Waals surface area contributed by atoms with Crippen LogP contribution in [0.25, 0.3) is 0 Å². The number of carbonyl (C=O) groups is 2. The van der Waals surface area contributed by atoms with Gasteiger partial charge < -0.3 is 29.6 Å². The Morgan fingerprint density at radius 3 is 2.58 bits per heavy atom. The summed E-state index contributed by atoms with van der Waals surface area (Å²) in [4.78, 5) is 23.9. The van der Waals surface area contributed by atoms with Crippen LogP contribution in [0, 0.1) is 5.92 Å². The van der Waals surface area contributed by atoms with Gasteiger partial charge in [-0.3, -0.25) is 4.79 Å². The first-order valence-electron chi connectivity index (χ1n) is 8.26. The number of carbonyl (C=O) groups excluding carboxylic acids is 2. The van der Waals surface area contributed by atoms with Crippen LogP contribution in [0.5, 0.6) is 0 Å². The number of methoxy groups -OCH3 is 1. The zero-order valence-corrected chi connectivity index (χ0v) is 15.1. The average Bonchev–Trinajstić information content (AvgIpc) is 2.95. The van der Waals surface area contributed by atoms with E-state index in [1.807, 2.05) is 0 Å². The number of hydrogen-bond donors (Lipinski definition) is 2. The van der Waals surface area contributed by atoms with E-state index in [0.717, 1.165) is 0 Å². The summed E-state index contributed by atoms with van der Waals surface area (Å²) in [6.07, 6.45) is -0.215. The van der Waals surface area contributed by atoms with Gasteiger partial charge in [0.05, 0.1) is 31.8 Å². The van der Waals surface area contributed by atoms with Crippen LogP contribution in [-0.2, 0) is 23.7 Å². The third-order valence-electron chi connectivity index (χ3n) is 3.37. The molecule has 0 saturated carbocycles. The molecule has 0 aliphatic carbocycles. The number of ether oxygens (including phenoxy) is 4. The molecule has 2 N–H and O–H groups in total. The first-order chi connectivity index (χ1) is 11.3. The summed E-state index contributed by atoms with van der Waals surface area (Å²) in [5.41, 5.74) is -0.555. The Hall–Kier alpha value is -1.38. The van der Waals surface area contributed by atoms with Gasteiger partial charge in [0.1, 0.15) is 5.60 Å². The smallest absolute Gasteiger partial charge is 0.407 e. The van der Waals surface area contributed by atoms with E-state index in [1.165, 1.54) is 0 Å². The second kappa shape index (κ2) is 10.5. The van der Waals surface area contributed by atoms with Crippen LogP contribution < -0.4 is 10.6 Å². The highest BCUT2D eigenvalue weighted by atomic mass is 16.6. The van der Waals surface area contributed by atoms with E-state index >= 15 is 0 Å². The molecule has 2 atom stereocenters. The number of nitrogens with one attached hydrogen (secondary N) is 2. The van der Waals surface area contributed by atoms with Gasteiger partial charge in [0.2, 0.25) is 5.91 Å². The molecule has 0 aromatic rings. The maximum absolute atomic E-state index is 12.2. The maximum atomic E-state index is 12.2. The Morgan fingerprint density at radius 1 is 1.17 bits per heavy atom. The van der Waals surface area contributed by atoms with E-state index < -0.39 is 11.7 Å². The van der Waals surface area contributed by atoms with E-state index in [4.69, 9.17) is 18.9 Å². The molecule has 1 saturated heterocycles. The average molecular weight is 346 g/mol. The fraction of sp³-hybridized carbons (Fsp3) is 0.875. The molecule has 0 radical (unpaired) electrons. The molecule has 1 aliphatic heterocycles. The summed E-state index contributed by atoms with van der Waals surface area (Å²) in [5.74, 6) is -0.363. The lowest BCUT2D eigenvalue weighted by atomic mass is 10.0. The first-order valence-corrected chi connectivity index (χ1v) is 8.26. The molecule has 0 aromatic heterocycles. The van der Waals surface area contributed by atoms with Crippen molar-refractivity contribution in [1.29, 1.82) is 0 Å². The third kappa shape index (κ3) is 8.47. The summed E-state index contributed by atoms with van der Waals surface area (Å²) < 4.78 is 20.9. The zero-order valence-electron chi connectivity index (χ0n) is 15.1. The van der Waals surface area contributed by atoms with Crippen molar-refractivity contribution < 1.29 is 28.5 Å². The maximum Gasteiger partial charge on any atom is 0.407 e. The summed E-state index contributed by atoms with van der Waals surface area (Å²) in [5, 5.41) is 5.48. The van der Waals surface area contributed by atoms with Crippen molar-refractivity contribution in [3.8, 4) is 0 Å². The number of rotatable bonds is 9. The minimum Gasteiger partial charge on any atom is -0.444 e. The van der Waals surface area contributed by atoms with Crippen molar-refractivity contribution in [2.24, 2.45) is 5.92 Å². The SMILES string of the molecule is COCCOCCNC(=O)[C@H]1CCO[C@H]1CNC(=O)OC(C)(C)C. The third-order valence-corrected chi connectivity index (χ3v) is 3.37. The summed E-state index contributed by atoms with van der Waals surface area (Å²) >= 11 is 0. The van der Waals surface area contributed by atoms with Crippen LogP contribution in [0.15, 0.2) is 0 Å². The normalized spacial score (nSPS) is 20.7. The van der Waals surface area contributed by atoms with E-state index in [1.54, 1.807) is 27.9 Å². The molecule has 8 heteroatoms. The van der Waals surface area contributed by atoms with Crippen LogP contribution >= 0.6 is 0 Å². The predicted molar refractivity (Wildman–Crippen MR) is 87.8 cm³/mol. The van der Waals surface area contributed by atoms with Crippen molar-refractivity contribution in [3.05, 3.63) is 0 Å². The van der Waals surface area contributed by atoms with Crippen LogP contribution in [0.2, 0.25) is 0 Å². The van der Waals surface area contributed by atoms with Gasteiger partial charge in [-0.25, -0.2) is 4.79 Å². The lowest BCUT2D eigenvalue weighted by molar-refractivity contribution is -0.126. The summed E-state index contributed by atoms with van der Waals surface area (Å²) in [6.45, 7) is 8.04. The topological polar surface area (TPSA) is 95.1 Å². The van der Waals surface area contributed by atoms with Crippen LogP contribution in [0.1, 0.15) is 27.2 Å². The van der Waals surface area contributed by atoms with Crippen LogP contribution in [-0.4, -0.2) is 70.3 Å². The number of amides is 2. The lowest BCUT2D eigenvalue weighted by Gasteiger charge is -2.22. The van der Waals surface area contributed by atoms with Gasteiger partial charge in [-0.1, -0.05) is 0 Å². The van der Waals surface area contributed by atoms with Crippen molar-refractivity contribution >= 4 is 12.0 Å². The molecule has 24 heavy (non-hydrogen) atoms. The molecular formula is C16H30N2O6. The first kappa shape index (κ1) is 20.7. The van der Waals surface area contributed by atoms with E-state index in [9.17, 15) is 9.59 Å². The largest absolute Gasteiger partial charge is 0.444 e. The quantitative estimate of drug-likeness (QED) is 0.597. The second-order valence-corrected chi connectivity index (χ2v) is 6.58. The van der Waals surface area contributed by atoms with Gasteiger partial charge in [-0.2, -0.15) is 0 Å². The van der Waals surface area contributed by atoms with Gasteiger partial charge in [-0.05, 0) is 27.2 Å². The van der Waals surface area contributed by atoms with Crippen molar-refractivity contribution in [2.45, 2.75) is 38.9 Å². The van der Waals surface area contributed by atoms with Gasteiger partial charge in [0, 0.05) is 26.8 Å². The van der Waals surface area contributed by atoms with Gasteiger partial charge in [0.15, 0.2) is 0 Å². The molecule has 0 spiro atoms. The molecule has 1 aliphatic rings. The Balaban J connectivity index is 2.26. The molecule has 1 heterocycles. The highest BCUT2D eigenvalue weighted by Gasteiger charge is 2.34. The minimum absolute atomic E-state index is 0.0844. The van der Waals surface area contributed by atoms with Crippen molar-refractivity contribution in [3.63, 3.8) is 0 Å².